The largest absolute Gasteiger partial charge is 0.370 e. The molecule has 21 heavy (non-hydrogen) atoms. The number of para-hydroxylation sites is 1. The standard InChI is InChI=1S/C17H19N3O/c1-20(2)11-12-6-5-7-13(10-12)18-16-14-8-3-4-9-15(14)19-17(16)21/h3-10,16,18H,11H2,1-2H3,(H,19,21). The van der Waals surface area contributed by atoms with Gasteiger partial charge in [0.05, 0.1) is 0 Å². The molecule has 1 aliphatic rings. The molecule has 2 N–H and O–H groups in total. The molecule has 1 heterocycles. The van der Waals surface area contributed by atoms with Crippen molar-refractivity contribution in [2.45, 2.75) is 12.6 Å². The molecule has 0 spiro atoms. The van der Waals surface area contributed by atoms with Crippen molar-refractivity contribution in [3.63, 3.8) is 0 Å². The first kappa shape index (κ1) is 13.6. The van der Waals surface area contributed by atoms with Crippen molar-refractivity contribution in [1.82, 2.24) is 4.90 Å². The molecule has 1 amide bonds. The smallest absolute Gasteiger partial charge is 0.251 e. The first-order valence-corrected chi connectivity index (χ1v) is 7.03. The lowest BCUT2D eigenvalue weighted by Gasteiger charge is -2.15. The van der Waals surface area contributed by atoms with E-state index in [1.807, 2.05) is 50.5 Å². The quantitative estimate of drug-likeness (QED) is 0.905. The molecular weight excluding hydrogens is 262 g/mol. The monoisotopic (exact) mass is 281 g/mol. The van der Waals surface area contributed by atoms with Crippen LogP contribution in [0.3, 0.4) is 0 Å². The third-order valence-corrected chi connectivity index (χ3v) is 3.53. The van der Waals surface area contributed by atoms with Gasteiger partial charge in [0, 0.05) is 23.5 Å². The average Bonchev–Trinajstić information content (AvgIpc) is 2.75. The number of nitrogens with one attached hydrogen (secondary N) is 2. The van der Waals surface area contributed by atoms with Gasteiger partial charge in [0.25, 0.3) is 5.91 Å². The number of hydrogen-bond donors (Lipinski definition) is 2. The second kappa shape index (κ2) is 5.58. The Kier molecular flexibility index (Phi) is 3.62. The highest BCUT2D eigenvalue weighted by Crippen LogP contribution is 2.32. The third-order valence-electron chi connectivity index (χ3n) is 3.53. The number of carbonyl (C=O) groups is 1. The molecule has 4 nitrogen and oxygen atoms in total. The van der Waals surface area contributed by atoms with E-state index in [9.17, 15) is 4.79 Å². The minimum Gasteiger partial charge on any atom is -0.370 e. The first-order chi connectivity index (χ1) is 10.1. The van der Waals surface area contributed by atoms with Crippen molar-refractivity contribution in [2.24, 2.45) is 0 Å². The average molecular weight is 281 g/mol. The van der Waals surface area contributed by atoms with Crippen LogP contribution in [0, 0.1) is 0 Å². The first-order valence-electron chi connectivity index (χ1n) is 7.03. The minimum atomic E-state index is -0.323. The van der Waals surface area contributed by atoms with Crippen molar-refractivity contribution < 1.29 is 4.79 Å². The summed E-state index contributed by atoms with van der Waals surface area (Å²) in [5, 5.41) is 6.23. The van der Waals surface area contributed by atoms with Crippen molar-refractivity contribution in [3.8, 4) is 0 Å². The Morgan fingerprint density at radius 3 is 2.76 bits per heavy atom. The molecule has 2 aromatic carbocycles. The Hall–Kier alpha value is -2.33. The van der Waals surface area contributed by atoms with Crippen LogP contribution < -0.4 is 10.6 Å². The van der Waals surface area contributed by atoms with E-state index in [1.165, 1.54) is 5.56 Å². The van der Waals surface area contributed by atoms with E-state index in [2.05, 4.69) is 27.7 Å². The maximum absolute atomic E-state index is 12.1. The van der Waals surface area contributed by atoms with Crippen molar-refractivity contribution >= 4 is 17.3 Å². The van der Waals surface area contributed by atoms with Crippen LogP contribution >= 0.6 is 0 Å². The molecule has 1 aliphatic heterocycles. The molecule has 2 aromatic rings. The van der Waals surface area contributed by atoms with Crippen molar-refractivity contribution in [2.75, 3.05) is 24.7 Å². The van der Waals surface area contributed by atoms with Gasteiger partial charge in [-0.15, -0.1) is 0 Å². The van der Waals surface area contributed by atoms with E-state index in [0.29, 0.717) is 0 Å². The van der Waals surface area contributed by atoms with E-state index in [0.717, 1.165) is 23.5 Å². The van der Waals surface area contributed by atoms with Crippen LogP contribution in [-0.4, -0.2) is 24.9 Å². The Labute approximate surface area is 124 Å². The fourth-order valence-electron chi connectivity index (χ4n) is 2.64. The second-order valence-corrected chi connectivity index (χ2v) is 5.59. The number of hydrogen-bond acceptors (Lipinski definition) is 3. The molecule has 0 aromatic heterocycles. The summed E-state index contributed by atoms with van der Waals surface area (Å²) in [5.74, 6) is -0.00536. The summed E-state index contributed by atoms with van der Waals surface area (Å²) in [6.07, 6.45) is 0. The van der Waals surface area contributed by atoms with Gasteiger partial charge in [-0.1, -0.05) is 30.3 Å². The molecule has 0 saturated carbocycles. The fraction of sp³-hybridized carbons (Fsp3) is 0.235. The van der Waals surface area contributed by atoms with E-state index < -0.39 is 0 Å². The number of fused-ring (bicyclic) bond motifs is 1. The zero-order chi connectivity index (χ0) is 14.8. The summed E-state index contributed by atoms with van der Waals surface area (Å²) in [6.45, 7) is 0.878. The molecule has 108 valence electrons. The molecular formula is C17H19N3O. The lowest BCUT2D eigenvalue weighted by atomic mass is 10.1. The lowest BCUT2D eigenvalue weighted by molar-refractivity contribution is -0.116. The maximum Gasteiger partial charge on any atom is 0.251 e. The van der Waals surface area contributed by atoms with E-state index in [1.54, 1.807) is 0 Å². The second-order valence-electron chi connectivity index (χ2n) is 5.59. The van der Waals surface area contributed by atoms with Crippen LogP contribution in [0.5, 0.6) is 0 Å². The van der Waals surface area contributed by atoms with Gasteiger partial charge in [0.1, 0.15) is 6.04 Å². The molecule has 0 radical (unpaired) electrons. The number of amides is 1. The minimum absolute atomic E-state index is 0.00536. The van der Waals surface area contributed by atoms with Gasteiger partial charge < -0.3 is 15.5 Å². The van der Waals surface area contributed by atoms with Crippen LogP contribution in [0.2, 0.25) is 0 Å². The lowest BCUT2D eigenvalue weighted by Crippen LogP contribution is -2.19. The normalized spacial score (nSPS) is 16.7. The molecule has 1 unspecified atom stereocenters. The van der Waals surface area contributed by atoms with Crippen molar-refractivity contribution in [3.05, 3.63) is 59.7 Å². The van der Waals surface area contributed by atoms with E-state index >= 15 is 0 Å². The van der Waals surface area contributed by atoms with Gasteiger partial charge >= 0.3 is 0 Å². The molecule has 0 fully saturated rings. The highest BCUT2D eigenvalue weighted by atomic mass is 16.2. The van der Waals surface area contributed by atoms with Crippen LogP contribution in [0.15, 0.2) is 48.5 Å². The topological polar surface area (TPSA) is 44.4 Å². The summed E-state index contributed by atoms with van der Waals surface area (Å²) in [4.78, 5) is 14.2. The third kappa shape index (κ3) is 2.90. The van der Waals surface area contributed by atoms with Gasteiger partial charge in [-0.05, 0) is 37.9 Å². The molecule has 0 bridgehead atoms. The molecule has 1 atom stereocenters. The summed E-state index contributed by atoms with van der Waals surface area (Å²) in [7, 11) is 4.08. The highest BCUT2D eigenvalue weighted by molar-refractivity contribution is 6.04. The van der Waals surface area contributed by atoms with Crippen molar-refractivity contribution in [1.29, 1.82) is 0 Å². The van der Waals surface area contributed by atoms with Gasteiger partial charge in [0.2, 0.25) is 0 Å². The number of benzene rings is 2. The number of nitrogens with zero attached hydrogens (tertiary/aromatic N) is 1. The number of rotatable bonds is 4. The Bertz CT molecular complexity index is 667. The predicted octanol–water partition coefficient (Wildman–Crippen LogP) is 2.85. The van der Waals surface area contributed by atoms with Gasteiger partial charge in [-0.3, -0.25) is 4.79 Å². The maximum atomic E-state index is 12.1. The zero-order valence-corrected chi connectivity index (χ0v) is 12.3. The predicted molar refractivity (Wildman–Crippen MR) is 85.3 cm³/mol. The van der Waals surface area contributed by atoms with Gasteiger partial charge in [0.15, 0.2) is 0 Å². The summed E-state index contributed by atoms with van der Waals surface area (Å²) in [6, 6.07) is 15.7. The van der Waals surface area contributed by atoms with Gasteiger partial charge in [-0.2, -0.15) is 0 Å². The highest BCUT2D eigenvalue weighted by Gasteiger charge is 2.29. The summed E-state index contributed by atoms with van der Waals surface area (Å²) in [5.41, 5.74) is 4.08. The fourth-order valence-corrected chi connectivity index (χ4v) is 2.64. The molecule has 4 heteroatoms. The number of anilines is 2. The zero-order valence-electron chi connectivity index (χ0n) is 12.3. The Balaban J connectivity index is 1.82. The molecule has 0 saturated heterocycles. The molecule has 0 aliphatic carbocycles. The summed E-state index contributed by atoms with van der Waals surface area (Å²) < 4.78 is 0. The van der Waals surface area contributed by atoms with E-state index in [4.69, 9.17) is 0 Å². The molecule has 3 rings (SSSR count). The summed E-state index contributed by atoms with van der Waals surface area (Å²) >= 11 is 0. The Morgan fingerprint density at radius 1 is 1.14 bits per heavy atom. The van der Waals surface area contributed by atoms with Crippen LogP contribution in [0.25, 0.3) is 0 Å². The SMILES string of the molecule is CN(C)Cc1cccc(NC2C(=O)Nc3ccccc32)c1. The van der Waals surface area contributed by atoms with E-state index in [-0.39, 0.29) is 11.9 Å². The van der Waals surface area contributed by atoms with Gasteiger partial charge in [-0.25, -0.2) is 0 Å². The Morgan fingerprint density at radius 2 is 1.95 bits per heavy atom. The van der Waals surface area contributed by atoms with Crippen LogP contribution in [0.4, 0.5) is 11.4 Å². The van der Waals surface area contributed by atoms with Crippen LogP contribution in [0.1, 0.15) is 17.2 Å². The number of carbonyl (C=O) groups excluding carboxylic acids is 1. The van der Waals surface area contributed by atoms with Crippen LogP contribution in [-0.2, 0) is 11.3 Å².